The van der Waals surface area contributed by atoms with Crippen LogP contribution >= 0.6 is 0 Å². The predicted octanol–water partition coefficient (Wildman–Crippen LogP) is 2.68. The summed E-state index contributed by atoms with van der Waals surface area (Å²) in [5, 5.41) is 3.15. The van der Waals surface area contributed by atoms with Crippen LogP contribution in [0.1, 0.15) is 22.7 Å². The lowest BCUT2D eigenvalue weighted by molar-refractivity contribution is 0.0751. The highest BCUT2D eigenvalue weighted by Crippen LogP contribution is 2.20. The van der Waals surface area contributed by atoms with Crippen LogP contribution in [0.4, 0.5) is 4.39 Å². The molecule has 1 N–H and O–H groups in total. The van der Waals surface area contributed by atoms with E-state index in [1.807, 2.05) is 11.9 Å². The van der Waals surface area contributed by atoms with Crippen LogP contribution in [0, 0.1) is 11.7 Å². The van der Waals surface area contributed by atoms with E-state index in [4.69, 9.17) is 9.15 Å². The molecule has 1 amide bonds. The summed E-state index contributed by atoms with van der Waals surface area (Å²) in [4.78, 5) is 14.3. The first kappa shape index (κ1) is 16.5. The zero-order chi connectivity index (χ0) is 16.9. The smallest absolute Gasteiger partial charge is 0.289 e. The standard InChI is InChI=1S/C18H21FN2O3/c1-20-10-13-8-9-21(11-13)18(22)17-7-6-16(24-17)12-23-15-4-2-14(19)3-5-15/h2-7,13,20H,8-12H2,1H3. The summed E-state index contributed by atoms with van der Waals surface area (Å²) < 4.78 is 24.0. The molecule has 1 unspecified atom stereocenters. The van der Waals surface area contributed by atoms with Crippen molar-refractivity contribution in [1.29, 1.82) is 0 Å². The van der Waals surface area contributed by atoms with Gasteiger partial charge in [0.2, 0.25) is 0 Å². The van der Waals surface area contributed by atoms with E-state index in [-0.39, 0.29) is 18.3 Å². The molecule has 2 heterocycles. The third kappa shape index (κ3) is 3.94. The number of ether oxygens (including phenoxy) is 1. The summed E-state index contributed by atoms with van der Waals surface area (Å²) in [6.45, 7) is 2.62. The van der Waals surface area contributed by atoms with Gasteiger partial charge in [-0.25, -0.2) is 4.39 Å². The normalized spacial score (nSPS) is 17.2. The van der Waals surface area contributed by atoms with Gasteiger partial charge in [-0.2, -0.15) is 0 Å². The third-order valence-electron chi connectivity index (χ3n) is 4.13. The zero-order valence-corrected chi connectivity index (χ0v) is 13.6. The average molecular weight is 332 g/mol. The molecule has 0 bridgehead atoms. The van der Waals surface area contributed by atoms with E-state index < -0.39 is 0 Å². The molecular formula is C18H21FN2O3. The molecule has 1 aliphatic heterocycles. The van der Waals surface area contributed by atoms with Crippen LogP contribution in [0.3, 0.4) is 0 Å². The fraction of sp³-hybridized carbons (Fsp3) is 0.389. The molecule has 3 rings (SSSR count). The van der Waals surface area contributed by atoms with E-state index >= 15 is 0 Å². The SMILES string of the molecule is CNCC1CCN(C(=O)c2ccc(COc3ccc(F)cc3)o2)C1. The molecular weight excluding hydrogens is 311 g/mol. The number of rotatable bonds is 6. The monoisotopic (exact) mass is 332 g/mol. The lowest BCUT2D eigenvalue weighted by Gasteiger charge is -2.14. The molecule has 5 nitrogen and oxygen atoms in total. The summed E-state index contributed by atoms with van der Waals surface area (Å²) in [5.41, 5.74) is 0. The first-order valence-electron chi connectivity index (χ1n) is 8.06. The average Bonchev–Trinajstić information content (AvgIpc) is 3.24. The fourth-order valence-electron chi connectivity index (χ4n) is 2.88. The number of hydrogen-bond acceptors (Lipinski definition) is 4. The number of amides is 1. The van der Waals surface area contributed by atoms with Crippen molar-refractivity contribution in [2.24, 2.45) is 5.92 Å². The van der Waals surface area contributed by atoms with E-state index in [0.29, 0.717) is 23.2 Å². The maximum atomic E-state index is 12.8. The number of furan rings is 1. The molecule has 1 aromatic heterocycles. The summed E-state index contributed by atoms with van der Waals surface area (Å²) in [5.74, 6) is 1.55. The minimum atomic E-state index is -0.310. The molecule has 0 radical (unpaired) electrons. The molecule has 1 aromatic carbocycles. The maximum Gasteiger partial charge on any atom is 0.289 e. The van der Waals surface area contributed by atoms with Gasteiger partial charge in [0.25, 0.3) is 5.91 Å². The molecule has 2 aromatic rings. The first-order chi connectivity index (χ1) is 11.7. The lowest BCUT2D eigenvalue weighted by Crippen LogP contribution is -2.30. The number of hydrogen-bond donors (Lipinski definition) is 1. The molecule has 128 valence electrons. The molecule has 6 heteroatoms. The van der Waals surface area contributed by atoms with E-state index in [9.17, 15) is 9.18 Å². The highest BCUT2D eigenvalue weighted by Gasteiger charge is 2.28. The Bertz CT molecular complexity index is 684. The van der Waals surface area contributed by atoms with Gasteiger partial charge < -0.3 is 19.4 Å². The van der Waals surface area contributed by atoms with Gasteiger partial charge in [0.15, 0.2) is 5.76 Å². The van der Waals surface area contributed by atoms with E-state index in [1.165, 1.54) is 12.1 Å². The fourth-order valence-corrected chi connectivity index (χ4v) is 2.88. The molecule has 0 saturated carbocycles. The number of carbonyl (C=O) groups is 1. The van der Waals surface area contributed by atoms with Gasteiger partial charge >= 0.3 is 0 Å². The number of likely N-dealkylation sites (tertiary alicyclic amines) is 1. The summed E-state index contributed by atoms with van der Waals surface area (Å²) in [6.07, 6.45) is 1.01. The van der Waals surface area contributed by atoms with Crippen molar-refractivity contribution in [3.05, 3.63) is 53.7 Å². The molecule has 0 aliphatic carbocycles. The van der Waals surface area contributed by atoms with E-state index in [2.05, 4.69) is 5.32 Å². The van der Waals surface area contributed by atoms with Crippen molar-refractivity contribution in [2.45, 2.75) is 13.0 Å². The molecule has 1 atom stereocenters. The van der Waals surface area contributed by atoms with Crippen LogP contribution < -0.4 is 10.1 Å². The van der Waals surface area contributed by atoms with Crippen molar-refractivity contribution < 1.29 is 18.3 Å². The highest BCUT2D eigenvalue weighted by molar-refractivity contribution is 5.91. The minimum Gasteiger partial charge on any atom is -0.486 e. The Morgan fingerprint density at radius 2 is 2.12 bits per heavy atom. The quantitative estimate of drug-likeness (QED) is 0.884. The Morgan fingerprint density at radius 3 is 2.88 bits per heavy atom. The van der Waals surface area contributed by atoms with E-state index in [1.54, 1.807) is 24.3 Å². The van der Waals surface area contributed by atoms with Gasteiger partial charge in [0, 0.05) is 13.1 Å². The van der Waals surface area contributed by atoms with Gasteiger partial charge in [-0.3, -0.25) is 4.79 Å². The van der Waals surface area contributed by atoms with Gasteiger partial charge in [0.1, 0.15) is 23.9 Å². The van der Waals surface area contributed by atoms with Crippen molar-refractivity contribution in [3.8, 4) is 5.75 Å². The Labute approximate surface area is 140 Å². The number of carbonyl (C=O) groups excluding carboxylic acids is 1. The second kappa shape index (κ2) is 7.49. The largest absolute Gasteiger partial charge is 0.486 e. The number of nitrogens with one attached hydrogen (secondary N) is 1. The third-order valence-corrected chi connectivity index (χ3v) is 4.13. The van der Waals surface area contributed by atoms with Crippen LogP contribution in [0.15, 0.2) is 40.8 Å². The molecule has 1 aliphatic rings. The van der Waals surface area contributed by atoms with Crippen LogP contribution in [-0.2, 0) is 6.61 Å². The maximum absolute atomic E-state index is 12.8. The highest BCUT2D eigenvalue weighted by atomic mass is 19.1. The van der Waals surface area contributed by atoms with Gasteiger partial charge in [0.05, 0.1) is 0 Å². The molecule has 1 saturated heterocycles. The van der Waals surface area contributed by atoms with Gasteiger partial charge in [-0.05, 0) is 62.3 Å². The number of nitrogens with zero attached hydrogens (tertiary/aromatic N) is 1. The van der Waals surface area contributed by atoms with Crippen LogP contribution in [0.5, 0.6) is 5.75 Å². The predicted molar refractivity (Wildman–Crippen MR) is 87.4 cm³/mol. The van der Waals surface area contributed by atoms with Gasteiger partial charge in [-0.1, -0.05) is 0 Å². The number of benzene rings is 1. The topological polar surface area (TPSA) is 54.7 Å². The van der Waals surface area contributed by atoms with E-state index in [0.717, 1.165) is 26.1 Å². The van der Waals surface area contributed by atoms with Crippen molar-refractivity contribution in [3.63, 3.8) is 0 Å². The Hall–Kier alpha value is -2.34. The van der Waals surface area contributed by atoms with Gasteiger partial charge in [-0.15, -0.1) is 0 Å². The molecule has 0 spiro atoms. The molecule has 24 heavy (non-hydrogen) atoms. The van der Waals surface area contributed by atoms with Crippen molar-refractivity contribution in [1.82, 2.24) is 10.2 Å². The Morgan fingerprint density at radius 1 is 1.33 bits per heavy atom. The summed E-state index contributed by atoms with van der Waals surface area (Å²) in [6, 6.07) is 9.19. The second-order valence-electron chi connectivity index (χ2n) is 5.97. The van der Waals surface area contributed by atoms with Crippen LogP contribution in [0.25, 0.3) is 0 Å². The van der Waals surface area contributed by atoms with Crippen LogP contribution in [-0.4, -0.2) is 37.5 Å². The molecule has 1 fully saturated rings. The zero-order valence-electron chi connectivity index (χ0n) is 13.6. The summed E-state index contributed by atoms with van der Waals surface area (Å²) in [7, 11) is 1.92. The summed E-state index contributed by atoms with van der Waals surface area (Å²) >= 11 is 0. The Balaban J connectivity index is 1.55. The van der Waals surface area contributed by atoms with Crippen molar-refractivity contribution in [2.75, 3.05) is 26.7 Å². The second-order valence-corrected chi connectivity index (χ2v) is 5.97. The van der Waals surface area contributed by atoms with Crippen molar-refractivity contribution >= 4 is 5.91 Å². The Kier molecular flexibility index (Phi) is 5.15. The minimum absolute atomic E-state index is 0.0818. The lowest BCUT2D eigenvalue weighted by atomic mass is 10.1. The number of halogens is 1. The van der Waals surface area contributed by atoms with Crippen LogP contribution in [0.2, 0.25) is 0 Å². The first-order valence-corrected chi connectivity index (χ1v) is 8.06.